The van der Waals surface area contributed by atoms with Crippen molar-refractivity contribution >= 4 is 11.8 Å². The van der Waals surface area contributed by atoms with Gasteiger partial charge in [0.1, 0.15) is 5.78 Å². The van der Waals surface area contributed by atoms with Crippen LogP contribution in [-0.2, 0) is 14.3 Å². The van der Waals surface area contributed by atoms with E-state index in [0.717, 1.165) is 12.8 Å². The van der Waals surface area contributed by atoms with Crippen molar-refractivity contribution in [1.29, 1.82) is 0 Å². The van der Waals surface area contributed by atoms with Gasteiger partial charge in [0.25, 0.3) is 0 Å². The molecule has 0 aromatic carbocycles. The number of rotatable bonds is 5. The highest BCUT2D eigenvalue weighted by Crippen LogP contribution is 2.56. The lowest BCUT2D eigenvalue weighted by Crippen LogP contribution is -2.12. The summed E-state index contributed by atoms with van der Waals surface area (Å²) in [5, 5.41) is 0. The van der Waals surface area contributed by atoms with Crippen molar-refractivity contribution in [3.63, 3.8) is 0 Å². The highest BCUT2D eigenvalue weighted by atomic mass is 16.5. The van der Waals surface area contributed by atoms with Gasteiger partial charge in [-0.3, -0.25) is 4.79 Å². The number of hydrogen-bond acceptors (Lipinski definition) is 3. The third kappa shape index (κ3) is 2.56. The molecule has 14 heavy (non-hydrogen) atoms. The van der Waals surface area contributed by atoms with Crippen LogP contribution in [0.25, 0.3) is 0 Å². The molecule has 0 heterocycles. The molecule has 0 spiro atoms. The van der Waals surface area contributed by atoms with Crippen LogP contribution in [0.5, 0.6) is 0 Å². The summed E-state index contributed by atoms with van der Waals surface area (Å²) in [4.78, 5) is 22.2. The Labute approximate surface area is 84.8 Å². The second-order valence-electron chi connectivity index (χ2n) is 4.36. The van der Waals surface area contributed by atoms with E-state index < -0.39 is 0 Å². The third-order valence-corrected chi connectivity index (χ3v) is 2.97. The molecule has 1 aliphatic rings. The van der Waals surface area contributed by atoms with Gasteiger partial charge >= 0.3 is 5.97 Å². The van der Waals surface area contributed by atoms with Crippen molar-refractivity contribution in [3.05, 3.63) is 0 Å². The number of carbonyl (C=O) groups is 2. The topological polar surface area (TPSA) is 43.4 Å². The fourth-order valence-electron chi connectivity index (χ4n) is 1.76. The van der Waals surface area contributed by atoms with E-state index >= 15 is 0 Å². The Bertz CT molecular complexity index is 247. The molecule has 3 heteroatoms. The fourth-order valence-corrected chi connectivity index (χ4v) is 1.76. The van der Waals surface area contributed by atoms with E-state index in [-0.39, 0.29) is 23.1 Å². The summed E-state index contributed by atoms with van der Waals surface area (Å²) in [6.07, 6.45) is 2.26. The van der Waals surface area contributed by atoms with E-state index in [1.54, 1.807) is 6.92 Å². The Kier molecular flexibility index (Phi) is 3.29. The van der Waals surface area contributed by atoms with Crippen molar-refractivity contribution in [1.82, 2.24) is 0 Å². The molecule has 1 saturated carbocycles. The summed E-state index contributed by atoms with van der Waals surface area (Å²) in [6, 6.07) is 0. The molecule has 0 saturated heterocycles. The Hall–Kier alpha value is -0.860. The quantitative estimate of drug-likeness (QED) is 0.634. The first-order valence-electron chi connectivity index (χ1n) is 5.15. The van der Waals surface area contributed by atoms with Gasteiger partial charge in [-0.25, -0.2) is 0 Å². The summed E-state index contributed by atoms with van der Waals surface area (Å²) in [7, 11) is 0. The Morgan fingerprint density at radius 3 is 2.64 bits per heavy atom. The van der Waals surface area contributed by atoms with E-state index in [1.807, 2.05) is 6.92 Å². The van der Waals surface area contributed by atoms with E-state index in [1.165, 1.54) is 0 Å². The van der Waals surface area contributed by atoms with Crippen LogP contribution in [-0.4, -0.2) is 18.4 Å². The predicted octanol–water partition coefficient (Wildman–Crippen LogP) is 1.94. The first-order valence-corrected chi connectivity index (χ1v) is 5.15. The van der Waals surface area contributed by atoms with Gasteiger partial charge in [0.05, 0.1) is 12.5 Å². The Morgan fingerprint density at radius 1 is 1.50 bits per heavy atom. The molecule has 0 aromatic rings. The van der Waals surface area contributed by atoms with Gasteiger partial charge in [-0.1, -0.05) is 6.92 Å². The average Bonchev–Trinajstić information content (AvgIpc) is 2.76. The molecule has 0 amide bonds. The zero-order valence-corrected chi connectivity index (χ0v) is 9.13. The summed E-state index contributed by atoms with van der Waals surface area (Å²) in [5.41, 5.74) is 0.0257. The van der Waals surface area contributed by atoms with Crippen LogP contribution in [0.2, 0.25) is 0 Å². The number of carbonyl (C=O) groups excluding carboxylic acids is 2. The number of esters is 1. The van der Waals surface area contributed by atoms with Gasteiger partial charge < -0.3 is 9.53 Å². The standard InChI is InChI=1S/C11H18O3/c1-4-14-10(13)9-7-11(9,3)6-5-8(2)12/h9H,4-7H2,1-3H3. The first kappa shape index (κ1) is 11.2. The predicted molar refractivity (Wildman–Crippen MR) is 52.8 cm³/mol. The highest BCUT2D eigenvalue weighted by molar-refractivity contribution is 5.78. The maximum atomic E-state index is 11.4. The lowest BCUT2D eigenvalue weighted by Gasteiger charge is -2.08. The highest BCUT2D eigenvalue weighted by Gasteiger charge is 2.54. The minimum Gasteiger partial charge on any atom is -0.466 e. The van der Waals surface area contributed by atoms with Crippen LogP contribution in [0, 0.1) is 11.3 Å². The van der Waals surface area contributed by atoms with Gasteiger partial charge in [0, 0.05) is 6.42 Å². The Balaban J connectivity index is 2.34. The largest absolute Gasteiger partial charge is 0.466 e. The maximum Gasteiger partial charge on any atom is 0.309 e. The minimum absolute atomic E-state index is 0.0257. The molecule has 0 aromatic heterocycles. The zero-order valence-electron chi connectivity index (χ0n) is 9.13. The van der Waals surface area contributed by atoms with Crippen LogP contribution in [0.15, 0.2) is 0 Å². The molecular formula is C11H18O3. The van der Waals surface area contributed by atoms with Crippen molar-refractivity contribution in [3.8, 4) is 0 Å². The summed E-state index contributed by atoms with van der Waals surface area (Å²) >= 11 is 0. The molecule has 1 rings (SSSR count). The number of Topliss-reactive ketones (excluding diaryl/α,β-unsaturated/α-hetero) is 1. The van der Waals surface area contributed by atoms with E-state index in [0.29, 0.717) is 13.0 Å². The molecule has 0 bridgehead atoms. The first-order chi connectivity index (χ1) is 6.49. The van der Waals surface area contributed by atoms with Gasteiger partial charge in [0.2, 0.25) is 0 Å². The molecule has 1 aliphatic carbocycles. The van der Waals surface area contributed by atoms with Crippen LogP contribution in [0.1, 0.15) is 40.0 Å². The normalized spacial score (nSPS) is 29.8. The summed E-state index contributed by atoms with van der Waals surface area (Å²) in [5.74, 6) is 0.126. The number of ketones is 1. The molecular weight excluding hydrogens is 180 g/mol. The van der Waals surface area contributed by atoms with Gasteiger partial charge in [-0.2, -0.15) is 0 Å². The molecule has 2 unspecified atom stereocenters. The third-order valence-electron chi connectivity index (χ3n) is 2.97. The lowest BCUT2D eigenvalue weighted by molar-refractivity contribution is -0.145. The second-order valence-corrected chi connectivity index (χ2v) is 4.36. The van der Waals surface area contributed by atoms with Gasteiger partial charge in [-0.15, -0.1) is 0 Å². The van der Waals surface area contributed by atoms with Crippen molar-refractivity contribution in [2.45, 2.75) is 40.0 Å². The molecule has 2 atom stereocenters. The number of ether oxygens (including phenoxy) is 1. The number of hydrogen-bond donors (Lipinski definition) is 0. The smallest absolute Gasteiger partial charge is 0.309 e. The van der Waals surface area contributed by atoms with Gasteiger partial charge in [-0.05, 0) is 32.1 Å². The van der Waals surface area contributed by atoms with E-state index in [2.05, 4.69) is 6.92 Å². The maximum absolute atomic E-state index is 11.4. The minimum atomic E-state index is -0.0986. The average molecular weight is 198 g/mol. The van der Waals surface area contributed by atoms with E-state index in [9.17, 15) is 9.59 Å². The summed E-state index contributed by atoms with van der Waals surface area (Å²) in [6.45, 7) is 5.90. The van der Waals surface area contributed by atoms with Crippen LogP contribution in [0.4, 0.5) is 0 Å². The van der Waals surface area contributed by atoms with Gasteiger partial charge in [0.15, 0.2) is 0 Å². The monoisotopic (exact) mass is 198 g/mol. The second kappa shape index (κ2) is 4.11. The van der Waals surface area contributed by atoms with Crippen LogP contribution in [0.3, 0.4) is 0 Å². The molecule has 80 valence electrons. The lowest BCUT2D eigenvalue weighted by atomic mass is 9.98. The van der Waals surface area contributed by atoms with Crippen molar-refractivity contribution in [2.24, 2.45) is 11.3 Å². The van der Waals surface area contributed by atoms with Crippen molar-refractivity contribution < 1.29 is 14.3 Å². The molecule has 3 nitrogen and oxygen atoms in total. The fraction of sp³-hybridized carbons (Fsp3) is 0.818. The zero-order chi connectivity index (χ0) is 10.8. The molecule has 0 radical (unpaired) electrons. The molecule has 1 fully saturated rings. The molecule has 0 N–H and O–H groups in total. The summed E-state index contributed by atoms with van der Waals surface area (Å²) < 4.78 is 4.94. The van der Waals surface area contributed by atoms with Crippen LogP contribution < -0.4 is 0 Å². The SMILES string of the molecule is CCOC(=O)C1CC1(C)CCC(C)=O. The molecule has 0 aliphatic heterocycles. The van der Waals surface area contributed by atoms with E-state index in [4.69, 9.17) is 4.74 Å². The Morgan fingerprint density at radius 2 is 2.14 bits per heavy atom. The van der Waals surface area contributed by atoms with Crippen molar-refractivity contribution in [2.75, 3.05) is 6.61 Å². The van der Waals surface area contributed by atoms with Crippen LogP contribution >= 0.6 is 0 Å².